The van der Waals surface area contributed by atoms with E-state index in [1.54, 1.807) is 12.1 Å². The van der Waals surface area contributed by atoms with Gasteiger partial charge in [0.05, 0.1) is 5.60 Å². The standard InChI is InChI=1S/C23H31FO4.2C2H6/c1-15-11-17-13-16(2)23(19(12-15)14-17)26-22(27-28-23)9-7-21(25,8-10-22)18-3-5-20(24)6-4-18;2*1-2/h3-6,15-17,19,25H,7-14H2,1-2H3;2*1-2H3. The van der Waals surface area contributed by atoms with Crippen LogP contribution >= 0.6 is 0 Å². The van der Waals surface area contributed by atoms with Crippen LogP contribution in [0.25, 0.3) is 0 Å². The zero-order valence-corrected chi connectivity index (χ0v) is 20.8. The molecule has 1 heterocycles. The molecule has 3 saturated carbocycles. The zero-order chi connectivity index (χ0) is 23.6. The lowest BCUT2D eigenvalue weighted by molar-refractivity contribution is -0.381. The number of hydrogen-bond acceptors (Lipinski definition) is 4. The first-order chi connectivity index (χ1) is 15.3. The summed E-state index contributed by atoms with van der Waals surface area (Å²) >= 11 is 0. The van der Waals surface area contributed by atoms with Crippen molar-refractivity contribution in [3.8, 4) is 0 Å². The van der Waals surface area contributed by atoms with E-state index in [2.05, 4.69) is 13.8 Å². The van der Waals surface area contributed by atoms with E-state index in [1.165, 1.54) is 18.6 Å². The van der Waals surface area contributed by atoms with Crippen LogP contribution < -0.4 is 0 Å². The summed E-state index contributed by atoms with van der Waals surface area (Å²) in [4.78, 5) is 12.0. The maximum Gasteiger partial charge on any atom is 0.210 e. The molecule has 3 aliphatic carbocycles. The van der Waals surface area contributed by atoms with Gasteiger partial charge in [0.2, 0.25) is 11.6 Å². The highest BCUT2D eigenvalue weighted by Gasteiger charge is 2.63. The molecule has 5 rings (SSSR count). The number of fused-ring (bicyclic) bond motifs is 3. The third-order valence-corrected chi connectivity index (χ3v) is 7.87. The minimum atomic E-state index is -0.968. The fourth-order valence-electron chi connectivity index (χ4n) is 6.41. The van der Waals surface area contributed by atoms with Crippen LogP contribution in [0.15, 0.2) is 24.3 Å². The van der Waals surface area contributed by atoms with Crippen molar-refractivity contribution in [1.29, 1.82) is 0 Å². The van der Waals surface area contributed by atoms with E-state index in [4.69, 9.17) is 14.5 Å². The van der Waals surface area contributed by atoms with E-state index in [9.17, 15) is 9.50 Å². The van der Waals surface area contributed by atoms with Gasteiger partial charge in [-0.15, -0.1) is 0 Å². The molecule has 1 saturated heterocycles. The molecule has 2 bridgehead atoms. The molecular formula is C27H43FO4. The average Bonchev–Trinajstić information content (AvgIpc) is 3.19. The molecule has 1 aromatic carbocycles. The second-order valence-electron chi connectivity index (χ2n) is 9.95. The van der Waals surface area contributed by atoms with Crippen LogP contribution in [0.5, 0.6) is 0 Å². The summed E-state index contributed by atoms with van der Waals surface area (Å²) in [6.45, 7) is 12.6. The highest BCUT2D eigenvalue weighted by molar-refractivity contribution is 5.24. The van der Waals surface area contributed by atoms with E-state index in [0.29, 0.717) is 43.4 Å². The molecule has 2 spiro atoms. The minimum Gasteiger partial charge on any atom is -0.385 e. The first-order valence-electron chi connectivity index (χ1n) is 12.9. The van der Waals surface area contributed by atoms with Crippen LogP contribution in [-0.2, 0) is 20.1 Å². The summed E-state index contributed by atoms with van der Waals surface area (Å²) in [5, 5.41) is 11.1. The summed E-state index contributed by atoms with van der Waals surface area (Å²) in [5.41, 5.74) is -0.211. The smallest absolute Gasteiger partial charge is 0.210 e. The Labute approximate surface area is 193 Å². The molecule has 1 aromatic rings. The van der Waals surface area contributed by atoms with Crippen molar-refractivity contribution in [2.75, 3.05) is 0 Å². The van der Waals surface area contributed by atoms with Crippen molar-refractivity contribution in [1.82, 2.24) is 0 Å². The number of hydrogen-bond donors (Lipinski definition) is 1. The second kappa shape index (κ2) is 10.1. The van der Waals surface area contributed by atoms with Crippen molar-refractivity contribution < 1.29 is 24.0 Å². The molecule has 182 valence electrons. The molecule has 5 heteroatoms. The molecule has 1 aliphatic heterocycles. The lowest BCUT2D eigenvalue weighted by Gasteiger charge is -2.50. The van der Waals surface area contributed by atoms with E-state index < -0.39 is 17.2 Å². The van der Waals surface area contributed by atoms with Crippen molar-refractivity contribution in [2.24, 2.45) is 23.7 Å². The van der Waals surface area contributed by atoms with Gasteiger partial charge in [0.25, 0.3) is 0 Å². The van der Waals surface area contributed by atoms with E-state index >= 15 is 0 Å². The average molecular weight is 451 g/mol. The van der Waals surface area contributed by atoms with Crippen molar-refractivity contribution in [3.05, 3.63) is 35.6 Å². The minimum absolute atomic E-state index is 0.288. The number of aliphatic hydroxyl groups is 1. The topological polar surface area (TPSA) is 47.9 Å². The Morgan fingerprint density at radius 1 is 0.844 bits per heavy atom. The quantitative estimate of drug-likeness (QED) is 0.463. The van der Waals surface area contributed by atoms with Gasteiger partial charge in [-0.1, -0.05) is 53.7 Å². The monoisotopic (exact) mass is 450 g/mol. The molecule has 4 aliphatic rings. The first-order valence-corrected chi connectivity index (χ1v) is 12.9. The molecule has 32 heavy (non-hydrogen) atoms. The van der Waals surface area contributed by atoms with Gasteiger partial charge < -0.3 is 9.84 Å². The molecule has 4 nitrogen and oxygen atoms in total. The Bertz CT molecular complexity index is 724. The van der Waals surface area contributed by atoms with Crippen LogP contribution in [0.1, 0.15) is 98.5 Å². The normalized spacial score (nSPS) is 42.6. The first kappa shape index (κ1) is 25.6. The number of ether oxygens (including phenoxy) is 1. The molecule has 5 atom stereocenters. The van der Waals surface area contributed by atoms with Crippen LogP contribution in [0.3, 0.4) is 0 Å². The summed E-state index contributed by atoms with van der Waals surface area (Å²) < 4.78 is 19.9. The van der Waals surface area contributed by atoms with Gasteiger partial charge in [-0.3, -0.25) is 0 Å². The molecule has 0 radical (unpaired) electrons. The Hall–Kier alpha value is -1.01. The Balaban J connectivity index is 0.000000686. The van der Waals surface area contributed by atoms with Crippen LogP contribution in [-0.4, -0.2) is 16.7 Å². The van der Waals surface area contributed by atoms with Crippen molar-refractivity contribution >= 4 is 0 Å². The predicted octanol–water partition coefficient (Wildman–Crippen LogP) is 7.10. The Kier molecular flexibility index (Phi) is 8.07. The van der Waals surface area contributed by atoms with Gasteiger partial charge in [0, 0.05) is 24.7 Å². The maximum absolute atomic E-state index is 13.3. The molecule has 0 amide bonds. The van der Waals surface area contributed by atoms with Gasteiger partial charge in [-0.05, 0) is 68.1 Å². The second-order valence-corrected chi connectivity index (χ2v) is 9.95. The van der Waals surface area contributed by atoms with Crippen molar-refractivity contribution in [3.63, 3.8) is 0 Å². The number of rotatable bonds is 1. The Morgan fingerprint density at radius 3 is 2.09 bits per heavy atom. The SMILES string of the molecule is CC.CC.CC1CC2CC(C)C3(OOC4(CCC(O)(c5ccc(F)cc5)CC4)O3)C(C1)C2. The molecule has 0 aromatic heterocycles. The van der Waals surface area contributed by atoms with Crippen LogP contribution in [0.4, 0.5) is 4.39 Å². The lowest BCUT2D eigenvalue weighted by atomic mass is 9.62. The van der Waals surface area contributed by atoms with Crippen molar-refractivity contribution in [2.45, 2.75) is 110 Å². The van der Waals surface area contributed by atoms with Crippen LogP contribution in [0, 0.1) is 29.5 Å². The molecule has 1 N–H and O–H groups in total. The molecule has 4 fully saturated rings. The van der Waals surface area contributed by atoms with E-state index in [1.807, 2.05) is 27.7 Å². The van der Waals surface area contributed by atoms with E-state index in [-0.39, 0.29) is 5.82 Å². The van der Waals surface area contributed by atoms with Crippen LogP contribution in [0.2, 0.25) is 0 Å². The molecular weight excluding hydrogens is 407 g/mol. The maximum atomic E-state index is 13.3. The predicted molar refractivity (Wildman–Crippen MR) is 124 cm³/mol. The summed E-state index contributed by atoms with van der Waals surface area (Å²) in [6.07, 6.45) is 6.88. The summed E-state index contributed by atoms with van der Waals surface area (Å²) in [6, 6.07) is 6.16. The largest absolute Gasteiger partial charge is 0.385 e. The van der Waals surface area contributed by atoms with E-state index in [0.717, 1.165) is 30.7 Å². The van der Waals surface area contributed by atoms with Gasteiger partial charge >= 0.3 is 0 Å². The lowest BCUT2D eigenvalue weighted by Crippen LogP contribution is -2.54. The summed E-state index contributed by atoms with van der Waals surface area (Å²) in [5.74, 6) is 0.455. The third kappa shape index (κ3) is 4.64. The zero-order valence-electron chi connectivity index (χ0n) is 20.8. The van der Waals surface area contributed by atoms with Gasteiger partial charge in [0.15, 0.2) is 0 Å². The number of benzene rings is 1. The highest BCUT2D eigenvalue weighted by Crippen LogP contribution is 2.59. The highest BCUT2D eigenvalue weighted by atomic mass is 19.1. The van der Waals surface area contributed by atoms with Gasteiger partial charge in [-0.25, -0.2) is 4.39 Å². The Morgan fingerprint density at radius 2 is 1.47 bits per heavy atom. The molecule has 5 unspecified atom stereocenters. The van der Waals surface area contributed by atoms with Gasteiger partial charge in [-0.2, -0.15) is 9.78 Å². The van der Waals surface area contributed by atoms with Gasteiger partial charge in [0.1, 0.15) is 5.82 Å². The summed E-state index contributed by atoms with van der Waals surface area (Å²) in [7, 11) is 0. The fraction of sp³-hybridized carbons (Fsp3) is 0.778. The number of halogens is 1. The fourth-order valence-corrected chi connectivity index (χ4v) is 6.41. The third-order valence-electron chi connectivity index (χ3n) is 7.87.